The van der Waals surface area contributed by atoms with Crippen molar-refractivity contribution in [3.63, 3.8) is 0 Å². The fraction of sp³-hybridized carbons (Fsp3) is 0.529. The van der Waals surface area contributed by atoms with Gasteiger partial charge >= 0.3 is 0 Å². The van der Waals surface area contributed by atoms with E-state index in [0.717, 1.165) is 37.7 Å². The summed E-state index contributed by atoms with van der Waals surface area (Å²) in [4.78, 5) is 4.40. The standard InChI is InChI=1S/C17H21N3O4S/c21-25(22,11-15-6-1-2-9-23-15)20-14-5-3-4-13(10-14)16-18-17(24-19-16)12-7-8-12/h3-5,10,12,15,20H,1-2,6-9,11H2/t15-/m0/s1. The van der Waals surface area contributed by atoms with E-state index >= 15 is 0 Å². The van der Waals surface area contributed by atoms with E-state index in [1.165, 1.54) is 0 Å². The number of rotatable bonds is 6. The van der Waals surface area contributed by atoms with Crippen molar-refractivity contribution in [1.82, 2.24) is 10.1 Å². The van der Waals surface area contributed by atoms with Gasteiger partial charge in [-0.1, -0.05) is 17.3 Å². The van der Waals surface area contributed by atoms with Gasteiger partial charge in [-0.15, -0.1) is 0 Å². The van der Waals surface area contributed by atoms with Crippen molar-refractivity contribution < 1.29 is 17.7 Å². The average molecular weight is 363 g/mol. The molecule has 2 aliphatic rings. The lowest BCUT2D eigenvalue weighted by molar-refractivity contribution is 0.0306. The van der Waals surface area contributed by atoms with Crippen LogP contribution in [0.3, 0.4) is 0 Å². The van der Waals surface area contributed by atoms with E-state index in [4.69, 9.17) is 9.26 Å². The second-order valence-electron chi connectivity index (χ2n) is 6.68. The smallest absolute Gasteiger partial charge is 0.235 e. The van der Waals surface area contributed by atoms with Gasteiger partial charge in [0.1, 0.15) is 0 Å². The predicted molar refractivity (Wildman–Crippen MR) is 92.7 cm³/mol. The highest BCUT2D eigenvalue weighted by Gasteiger charge is 2.30. The molecule has 1 aromatic heterocycles. The normalized spacial score (nSPS) is 21.2. The maximum Gasteiger partial charge on any atom is 0.235 e. The molecule has 4 rings (SSSR count). The first-order valence-corrected chi connectivity index (χ1v) is 10.3. The van der Waals surface area contributed by atoms with Crippen molar-refractivity contribution in [2.45, 2.75) is 44.1 Å². The molecular weight excluding hydrogens is 342 g/mol. The third-order valence-electron chi connectivity index (χ3n) is 4.44. The van der Waals surface area contributed by atoms with Gasteiger partial charge in [0.05, 0.1) is 11.9 Å². The molecule has 25 heavy (non-hydrogen) atoms. The minimum absolute atomic E-state index is 0.0226. The van der Waals surface area contributed by atoms with Gasteiger partial charge in [-0.05, 0) is 44.2 Å². The monoisotopic (exact) mass is 363 g/mol. The SMILES string of the molecule is O=S(=O)(C[C@@H]1CCCCO1)Nc1cccc(-c2noc(C3CC3)n2)c1. The molecule has 2 aromatic rings. The Labute approximate surface area is 146 Å². The van der Waals surface area contributed by atoms with Crippen LogP contribution in [0.25, 0.3) is 11.4 Å². The summed E-state index contributed by atoms with van der Waals surface area (Å²) in [6, 6.07) is 7.05. The van der Waals surface area contributed by atoms with E-state index < -0.39 is 10.0 Å². The lowest BCUT2D eigenvalue weighted by atomic mass is 10.1. The molecular formula is C17H21N3O4S. The first kappa shape index (κ1) is 16.5. The molecule has 0 unspecified atom stereocenters. The van der Waals surface area contributed by atoms with Crippen molar-refractivity contribution in [2.75, 3.05) is 17.1 Å². The Bertz CT molecular complexity index is 839. The first-order valence-electron chi connectivity index (χ1n) is 8.65. The molecule has 0 amide bonds. The lowest BCUT2D eigenvalue weighted by Gasteiger charge is -2.22. The van der Waals surface area contributed by atoms with Crippen LogP contribution in [0, 0.1) is 0 Å². The molecule has 2 heterocycles. The van der Waals surface area contributed by atoms with E-state index in [-0.39, 0.29) is 11.9 Å². The summed E-state index contributed by atoms with van der Waals surface area (Å²) >= 11 is 0. The van der Waals surface area contributed by atoms with Crippen LogP contribution < -0.4 is 4.72 Å². The second kappa shape index (κ2) is 6.76. The predicted octanol–water partition coefficient (Wildman–Crippen LogP) is 2.92. The summed E-state index contributed by atoms with van der Waals surface area (Å²) in [5.41, 5.74) is 1.22. The highest BCUT2D eigenvalue weighted by atomic mass is 32.2. The molecule has 1 aliphatic heterocycles. The molecule has 1 N–H and O–H groups in total. The molecule has 1 saturated carbocycles. The third-order valence-corrected chi connectivity index (χ3v) is 5.80. The minimum atomic E-state index is -3.47. The number of nitrogens with zero attached hydrogens (tertiary/aromatic N) is 2. The molecule has 1 saturated heterocycles. The van der Waals surface area contributed by atoms with E-state index in [1.807, 2.05) is 6.07 Å². The zero-order chi connectivity index (χ0) is 17.3. The molecule has 1 aliphatic carbocycles. The zero-order valence-electron chi connectivity index (χ0n) is 13.8. The van der Waals surface area contributed by atoms with Gasteiger partial charge in [-0.2, -0.15) is 4.98 Å². The van der Waals surface area contributed by atoms with E-state index in [9.17, 15) is 8.42 Å². The van der Waals surface area contributed by atoms with Gasteiger partial charge in [-0.3, -0.25) is 4.72 Å². The molecule has 8 heteroatoms. The molecule has 7 nitrogen and oxygen atoms in total. The fourth-order valence-electron chi connectivity index (χ4n) is 2.98. The molecule has 0 radical (unpaired) electrons. The largest absolute Gasteiger partial charge is 0.377 e. The molecule has 0 bridgehead atoms. The Kier molecular flexibility index (Phi) is 4.47. The van der Waals surface area contributed by atoms with Crippen molar-refractivity contribution in [3.05, 3.63) is 30.2 Å². The van der Waals surface area contributed by atoms with Crippen LogP contribution in [0.15, 0.2) is 28.8 Å². The number of anilines is 1. The Morgan fingerprint density at radius 3 is 2.84 bits per heavy atom. The summed E-state index contributed by atoms with van der Waals surface area (Å²) in [5, 5.41) is 4.00. The maximum absolute atomic E-state index is 12.4. The van der Waals surface area contributed by atoms with Crippen LogP contribution in [0.1, 0.15) is 43.9 Å². The van der Waals surface area contributed by atoms with Gasteiger partial charge in [0.15, 0.2) is 0 Å². The van der Waals surface area contributed by atoms with Crippen molar-refractivity contribution in [3.8, 4) is 11.4 Å². The lowest BCUT2D eigenvalue weighted by Crippen LogP contribution is -2.30. The van der Waals surface area contributed by atoms with Crippen LogP contribution >= 0.6 is 0 Å². The molecule has 1 aromatic carbocycles. The Morgan fingerprint density at radius 2 is 2.08 bits per heavy atom. The number of ether oxygens (including phenoxy) is 1. The molecule has 134 valence electrons. The molecule has 0 spiro atoms. The maximum atomic E-state index is 12.4. The van der Waals surface area contributed by atoms with Crippen molar-refractivity contribution >= 4 is 15.7 Å². The average Bonchev–Trinajstić information content (AvgIpc) is 3.32. The third kappa shape index (κ3) is 4.19. The van der Waals surface area contributed by atoms with Crippen molar-refractivity contribution in [1.29, 1.82) is 0 Å². The Morgan fingerprint density at radius 1 is 1.20 bits per heavy atom. The number of benzene rings is 1. The van der Waals surface area contributed by atoms with Crippen LogP contribution in [0.5, 0.6) is 0 Å². The van der Waals surface area contributed by atoms with Crippen LogP contribution in [0.2, 0.25) is 0 Å². The van der Waals surface area contributed by atoms with Gasteiger partial charge < -0.3 is 9.26 Å². The summed E-state index contributed by atoms with van der Waals surface area (Å²) in [7, 11) is -3.47. The zero-order valence-corrected chi connectivity index (χ0v) is 14.7. The number of hydrogen-bond donors (Lipinski definition) is 1. The summed E-state index contributed by atoms with van der Waals surface area (Å²) in [5.74, 6) is 1.51. The summed E-state index contributed by atoms with van der Waals surface area (Å²) in [6.45, 7) is 0.636. The van der Waals surface area contributed by atoms with E-state index in [0.29, 0.717) is 29.9 Å². The summed E-state index contributed by atoms with van der Waals surface area (Å²) in [6.07, 6.45) is 4.74. The van der Waals surface area contributed by atoms with Gasteiger partial charge in [-0.25, -0.2) is 8.42 Å². The van der Waals surface area contributed by atoms with Gasteiger partial charge in [0.25, 0.3) is 0 Å². The van der Waals surface area contributed by atoms with E-state index in [2.05, 4.69) is 14.9 Å². The van der Waals surface area contributed by atoms with Crippen LogP contribution in [0.4, 0.5) is 5.69 Å². The first-order chi connectivity index (χ1) is 12.1. The Balaban J connectivity index is 1.46. The number of sulfonamides is 1. The topological polar surface area (TPSA) is 94.3 Å². The number of aromatic nitrogens is 2. The molecule has 2 fully saturated rings. The summed E-state index contributed by atoms with van der Waals surface area (Å²) < 4.78 is 38.2. The van der Waals surface area contributed by atoms with Crippen LogP contribution in [-0.4, -0.2) is 37.0 Å². The fourth-order valence-corrected chi connectivity index (χ4v) is 4.30. The second-order valence-corrected chi connectivity index (χ2v) is 8.45. The number of hydrogen-bond acceptors (Lipinski definition) is 6. The highest BCUT2D eigenvalue weighted by Crippen LogP contribution is 2.39. The van der Waals surface area contributed by atoms with E-state index in [1.54, 1.807) is 18.2 Å². The molecule has 1 atom stereocenters. The van der Waals surface area contributed by atoms with Gasteiger partial charge in [0, 0.05) is 23.8 Å². The Hall–Kier alpha value is -1.93. The quantitative estimate of drug-likeness (QED) is 0.848. The minimum Gasteiger partial charge on any atom is -0.377 e. The van der Waals surface area contributed by atoms with Crippen molar-refractivity contribution in [2.24, 2.45) is 0 Å². The van der Waals surface area contributed by atoms with Crippen LogP contribution in [-0.2, 0) is 14.8 Å². The van der Waals surface area contributed by atoms with Gasteiger partial charge in [0.2, 0.25) is 21.7 Å². The number of nitrogens with one attached hydrogen (secondary N) is 1. The highest BCUT2D eigenvalue weighted by molar-refractivity contribution is 7.92.